The van der Waals surface area contributed by atoms with E-state index in [0.717, 1.165) is 72.8 Å². The van der Waals surface area contributed by atoms with E-state index < -0.39 is 31.8 Å². The average molecular weight is 492 g/mol. The van der Waals surface area contributed by atoms with Gasteiger partial charge in [-0.3, -0.25) is 30.3 Å². The van der Waals surface area contributed by atoms with Gasteiger partial charge in [0.25, 0.3) is 17.1 Å². The Labute approximate surface area is 197 Å². The lowest BCUT2D eigenvalue weighted by Gasteiger charge is -2.14. The molecule has 4 rings (SSSR count). The number of nitro benzene ring substituents is 3. The average Bonchev–Trinajstić information content (AvgIpc) is 2.85. The van der Waals surface area contributed by atoms with Crippen LogP contribution in [0.2, 0.25) is 0 Å². The number of hydrogen-bond donors (Lipinski definition) is 0. The molecular formula is C21H12N6O9. The third-order valence-corrected chi connectivity index (χ3v) is 5.10. The zero-order chi connectivity index (χ0) is 26.1. The summed E-state index contributed by atoms with van der Waals surface area (Å²) in [5, 5.41) is 33.0. The van der Waals surface area contributed by atoms with Gasteiger partial charge in [0.1, 0.15) is 0 Å². The molecule has 1 aromatic heterocycles. The first-order chi connectivity index (χ1) is 17.1. The molecule has 0 aliphatic rings. The van der Waals surface area contributed by atoms with E-state index in [-0.39, 0.29) is 34.1 Å². The first-order valence-electron chi connectivity index (χ1n) is 9.86. The zero-order valence-corrected chi connectivity index (χ0v) is 17.8. The molecule has 36 heavy (non-hydrogen) atoms. The molecule has 0 unspecified atom stereocenters. The van der Waals surface area contributed by atoms with E-state index in [1.165, 1.54) is 0 Å². The van der Waals surface area contributed by atoms with Crippen molar-refractivity contribution < 1.29 is 14.8 Å². The minimum Gasteiger partial charge on any atom is -0.258 e. The standard InChI is InChI=1S/C21H12N6O9/c28-19-22(13-1-7-16(8-2-13)25(31)32)20(29)24(15-5-11-18(12-6-15)27(35)36)21(30)23(19)14-3-9-17(10-4-14)26(33)34/h1-12H. The summed E-state index contributed by atoms with van der Waals surface area (Å²) in [5.74, 6) is 0. The summed E-state index contributed by atoms with van der Waals surface area (Å²) in [5.41, 5.74) is -4.71. The molecule has 0 spiro atoms. The van der Waals surface area contributed by atoms with Crippen LogP contribution in [0.15, 0.2) is 87.2 Å². The van der Waals surface area contributed by atoms with Crippen molar-refractivity contribution in [3.8, 4) is 17.1 Å². The molecule has 0 radical (unpaired) electrons. The molecule has 0 aliphatic carbocycles. The van der Waals surface area contributed by atoms with Gasteiger partial charge in [-0.05, 0) is 36.4 Å². The van der Waals surface area contributed by atoms with Crippen LogP contribution < -0.4 is 17.1 Å². The maximum atomic E-state index is 13.3. The number of nitro groups is 3. The van der Waals surface area contributed by atoms with Crippen molar-refractivity contribution in [3.63, 3.8) is 0 Å². The Balaban J connectivity index is 2.05. The van der Waals surface area contributed by atoms with E-state index in [9.17, 15) is 44.7 Å². The summed E-state index contributed by atoms with van der Waals surface area (Å²) in [4.78, 5) is 70.9. The topological polar surface area (TPSA) is 195 Å². The van der Waals surface area contributed by atoms with E-state index >= 15 is 0 Å². The second-order valence-corrected chi connectivity index (χ2v) is 7.17. The largest absolute Gasteiger partial charge is 0.345 e. The summed E-state index contributed by atoms with van der Waals surface area (Å²) in [6, 6.07) is 13.1. The first kappa shape index (κ1) is 23.4. The molecule has 1 heterocycles. The van der Waals surface area contributed by atoms with Crippen LogP contribution in [0, 0.1) is 30.3 Å². The Kier molecular flexibility index (Phi) is 5.79. The van der Waals surface area contributed by atoms with Gasteiger partial charge in [-0.1, -0.05) is 0 Å². The van der Waals surface area contributed by atoms with Crippen LogP contribution in [0.4, 0.5) is 17.1 Å². The minimum atomic E-state index is -1.15. The molecule has 15 nitrogen and oxygen atoms in total. The summed E-state index contributed by atoms with van der Waals surface area (Å²) < 4.78 is 1.73. The number of benzene rings is 3. The molecular weight excluding hydrogens is 480 g/mol. The van der Waals surface area contributed by atoms with Gasteiger partial charge in [0, 0.05) is 36.4 Å². The van der Waals surface area contributed by atoms with Crippen molar-refractivity contribution in [2.75, 3.05) is 0 Å². The highest BCUT2D eigenvalue weighted by molar-refractivity contribution is 5.45. The molecule has 0 fully saturated rings. The van der Waals surface area contributed by atoms with Crippen molar-refractivity contribution in [2.24, 2.45) is 0 Å². The van der Waals surface area contributed by atoms with Crippen LogP contribution in [0.1, 0.15) is 0 Å². The normalized spacial score (nSPS) is 10.7. The van der Waals surface area contributed by atoms with Crippen molar-refractivity contribution >= 4 is 17.1 Å². The van der Waals surface area contributed by atoms with Gasteiger partial charge in [-0.15, -0.1) is 0 Å². The van der Waals surface area contributed by atoms with E-state index in [1.54, 1.807) is 0 Å². The van der Waals surface area contributed by atoms with Crippen LogP contribution in [0.25, 0.3) is 17.1 Å². The maximum absolute atomic E-state index is 13.3. The van der Waals surface area contributed by atoms with E-state index in [1.807, 2.05) is 0 Å². The predicted octanol–water partition coefficient (Wildman–Crippen LogP) is 1.86. The number of hydrogen-bond acceptors (Lipinski definition) is 9. The number of nitrogens with zero attached hydrogens (tertiary/aromatic N) is 6. The highest BCUT2D eigenvalue weighted by atomic mass is 16.6. The lowest BCUT2D eigenvalue weighted by Crippen LogP contribution is -2.52. The highest BCUT2D eigenvalue weighted by Gasteiger charge is 2.21. The van der Waals surface area contributed by atoms with Crippen LogP contribution in [-0.4, -0.2) is 28.5 Å². The van der Waals surface area contributed by atoms with E-state index in [4.69, 9.17) is 0 Å². The fourth-order valence-electron chi connectivity index (χ4n) is 3.38. The van der Waals surface area contributed by atoms with E-state index in [0.29, 0.717) is 13.7 Å². The quantitative estimate of drug-likeness (QED) is 0.285. The second kappa shape index (κ2) is 8.90. The van der Waals surface area contributed by atoms with Crippen molar-refractivity contribution in [1.29, 1.82) is 0 Å². The third kappa shape index (κ3) is 4.03. The molecule has 0 N–H and O–H groups in total. The molecule has 180 valence electrons. The number of aromatic nitrogens is 3. The van der Waals surface area contributed by atoms with Crippen molar-refractivity contribution in [2.45, 2.75) is 0 Å². The predicted molar refractivity (Wildman–Crippen MR) is 123 cm³/mol. The summed E-state index contributed by atoms with van der Waals surface area (Å²) in [7, 11) is 0. The molecule has 0 atom stereocenters. The Bertz CT molecular complexity index is 1470. The van der Waals surface area contributed by atoms with Crippen LogP contribution in [-0.2, 0) is 0 Å². The van der Waals surface area contributed by atoms with Gasteiger partial charge in [-0.2, -0.15) is 0 Å². The molecule has 0 aliphatic heterocycles. The fourth-order valence-corrected chi connectivity index (χ4v) is 3.38. The lowest BCUT2D eigenvalue weighted by molar-refractivity contribution is -0.385. The van der Waals surface area contributed by atoms with Gasteiger partial charge in [0.15, 0.2) is 0 Å². The zero-order valence-electron chi connectivity index (χ0n) is 17.8. The molecule has 0 saturated heterocycles. The molecule has 0 bridgehead atoms. The Morgan fingerprint density at radius 3 is 0.778 bits per heavy atom. The van der Waals surface area contributed by atoms with Gasteiger partial charge in [-0.25, -0.2) is 28.1 Å². The SMILES string of the molecule is O=c1n(-c2ccc([N+](=O)[O-])cc2)c(=O)n(-c2ccc([N+](=O)[O-])cc2)c(=O)n1-c1ccc([N+](=O)[O-])cc1. The molecule has 0 saturated carbocycles. The van der Waals surface area contributed by atoms with Crippen molar-refractivity contribution in [1.82, 2.24) is 13.7 Å². The summed E-state index contributed by atoms with van der Waals surface area (Å²) >= 11 is 0. The number of rotatable bonds is 6. The molecule has 0 amide bonds. The first-order valence-corrected chi connectivity index (χ1v) is 9.86. The fraction of sp³-hybridized carbons (Fsp3) is 0. The van der Waals surface area contributed by atoms with E-state index in [2.05, 4.69) is 0 Å². The Morgan fingerprint density at radius 2 is 0.611 bits per heavy atom. The van der Waals surface area contributed by atoms with Crippen LogP contribution >= 0.6 is 0 Å². The molecule has 3 aromatic carbocycles. The summed E-state index contributed by atoms with van der Waals surface area (Å²) in [6.07, 6.45) is 0. The molecule has 15 heteroatoms. The highest BCUT2D eigenvalue weighted by Crippen LogP contribution is 2.16. The van der Waals surface area contributed by atoms with Crippen molar-refractivity contribution in [3.05, 3.63) is 135 Å². The molecule has 4 aromatic rings. The van der Waals surface area contributed by atoms with Crippen LogP contribution in [0.5, 0.6) is 0 Å². The lowest BCUT2D eigenvalue weighted by atomic mass is 10.2. The van der Waals surface area contributed by atoms with Gasteiger partial charge >= 0.3 is 17.1 Å². The number of non-ortho nitro benzene ring substituents is 3. The Hall–Kier alpha value is -5.73. The minimum absolute atomic E-state index is 0.109. The van der Waals surface area contributed by atoms with Gasteiger partial charge in [0.05, 0.1) is 31.8 Å². The summed E-state index contributed by atoms with van der Waals surface area (Å²) in [6.45, 7) is 0. The van der Waals surface area contributed by atoms with Crippen LogP contribution in [0.3, 0.4) is 0 Å². The van der Waals surface area contributed by atoms with Gasteiger partial charge in [0.2, 0.25) is 0 Å². The Morgan fingerprint density at radius 1 is 0.417 bits per heavy atom. The monoisotopic (exact) mass is 492 g/mol. The third-order valence-electron chi connectivity index (χ3n) is 5.10. The smallest absolute Gasteiger partial charge is 0.258 e. The maximum Gasteiger partial charge on any atom is 0.345 e. The van der Waals surface area contributed by atoms with Gasteiger partial charge < -0.3 is 0 Å². The second-order valence-electron chi connectivity index (χ2n) is 7.17.